The van der Waals surface area contributed by atoms with Crippen molar-refractivity contribution in [3.8, 4) is 5.75 Å². The van der Waals surface area contributed by atoms with Crippen LogP contribution in [0.3, 0.4) is 0 Å². The highest BCUT2D eigenvalue weighted by Crippen LogP contribution is 2.24. The van der Waals surface area contributed by atoms with Crippen LogP contribution in [0.15, 0.2) is 40.8 Å². The van der Waals surface area contributed by atoms with Crippen molar-refractivity contribution in [1.82, 2.24) is 20.4 Å². The molecule has 1 heterocycles. The first-order valence-electron chi connectivity index (χ1n) is 8.90. The summed E-state index contributed by atoms with van der Waals surface area (Å²) in [5.41, 5.74) is 1.03. The van der Waals surface area contributed by atoms with Crippen molar-refractivity contribution in [3.63, 3.8) is 0 Å². The van der Waals surface area contributed by atoms with Crippen molar-refractivity contribution < 1.29 is 13.9 Å². The van der Waals surface area contributed by atoms with Crippen LogP contribution in [0.1, 0.15) is 37.2 Å². The highest BCUT2D eigenvalue weighted by atomic mass is 16.5. The molecule has 7 heteroatoms. The molecule has 0 saturated carbocycles. The standard InChI is InChI=1S/C20H24N4O3/c1-5-18-22-23-19(27-18)12-24(3)20(25)21-13(2)14-6-7-16-11-17(26-4)9-8-15(16)10-14/h6-11,13H,5,12H2,1-4H3,(H,21,25). The van der Waals surface area contributed by atoms with E-state index in [1.54, 1.807) is 14.2 Å². The van der Waals surface area contributed by atoms with E-state index in [0.29, 0.717) is 18.2 Å². The summed E-state index contributed by atoms with van der Waals surface area (Å²) in [5, 5.41) is 13.0. The molecule has 3 rings (SSSR count). The summed E-state index contributed by atoms with van der Waals surface area (Å²) < 4.78 is 10.7. The molecule has 2 amide bonds. The van der Waals surface area contributed by atoms with E-state index in [2.05, 4.69) is 21.6 Å². The van der Waals surface area contributed by atoms with Gasteiger partial charge in [-0.1, -0.05) is 25.1 Å². The van der Waals surface area contributed by atoms with Gasteiger partial charge in [0.2, 0.25) is 11.8 Å². The summed E-state index contributed by atoms with van der Waals surface area (Å²) in [6, 6.07) is 11.7. The molecule has 0 radical (unpaired) electrons. The zero-order valence-corrected chi connectivity index (χ0v) is 16.0. The van der Waals surface area contributed by atoms with Crippen molar-refractivity contribution in [2.75, 3.05) is 14.2 Å². The van der Waals surface area contributed by atoms with E-state index >= 15 is 0 Å². The van der Waals surface area contributed by atoms with Gasteiger partial charge in [-0.2, -0.15) is 0 Å². The summed E-state index contributed by atoms with van der Waals surface area (Å²) in [7, 11) is 3.35. The maximum Gasteiger partial charge on any atom is 0.318 e. The second kappa shape index (κ2) is 8.07. The number of aryl methyl sites for hydroxylation is 1. The lowest BCUT2D eigenvalue weighted by molar-refractivity contribution is 0.198. The van der Waals surface area contributed by atoms with Gasteiger partial charge < -0.3 is 19.4 Å². The number of carbonyl (C=O) groups is 1. The van der Waals surface area contributed by atoms with Crippen LogP contribution in [0.2, 0.25) is 0 Å². The molecule has 0 aliphatic rings. The molecule has 1 N–H and O–H groups in total. The quantitative estimate of drug-likeness (QED) is 0.718. The predicted octanol–water partition coefficient (Wildman–Crippen LogP) is 3.70. The highest BCUT2D eigenvalue weighted by Gasteiger charge is 2.16. The third kappa shape index (κ3) is 4.36. The van der Waals surface area contributed by atoms with E-state index in [4.69, 9.17) is 9.15 Å². The third-order valence-electron chi connectivity index (χ3n) is 4.44. The van der Waals surface area contributed by atoms with E-state index in [9.17, 15) is 4.79 Å². The molecule has 142 valence electrons. The molecule has 0 bridgehead atoms. The van der Waals surface area contributed by atoms with Gasteiger partial charge in [0.15, 0.2) is 0 Å². The lowest BCUT2D eigenvalue weighted by Crippen LogP contribution is -2.38. The van der Waals surface area contributed by atoms with Gasteiger partial charge in [0.25, 0.3) is 0 Å². The number of hydrogen-bond donors (Lipinski definition) is 1. The normalized spacial score (nSPS) is 12.0. The molecule has 0 aliphatic heterocycles. The van der Waals surface area contributed by atoms with Crippen molar-refractivity contribution in [1.29, 1.82) is 0 Å². The second-order valence-corrected chi connectivity index (χ2v) is 6.44. The van der Waals surface area contributed by atoms with Crippen LogP contribution in [0.25, 0.3) is 10.8 Å². The number of amides is 2. The number of aromatic nitrogens is 2. The Balaban J connectivity index is 1.65. The Morgan fingerprint density at radius 1 is 1.19 bits per heavy atom. The molecule has 0 fully saturated rings. The van der Waals surface area contributed by atoms with Crippen LogP contribution in [-0.2, 0) is 13.0 Å². The minimum atomic E-state index is -0.200. The van der Waals surface area contributed by atoms with Crippen molar-refractivity contribution in [2.24, 2.45) is 0 Å². The average molecular weight is 368 g/mol. The first kappa shape index (κ1) is 18.7. The van der Waals surface area contributed by atoms with Gasteiger partial charge in [-0.3, -0.25) is 0 Å². The first-order valence-corrected chi connectivity index (χ1v) is 8.90. The van der Waals surface area contributed by atoms with Crippen molar-refractivity contribution >= 4 is 16.8 Å². The number of hydrogen-bond acceptors (Lipinski definition) is 5. The van der Waals surface area contributed by atoms with Gasteiger partial charge in [0.05, 0.1) is 13.2 Å². The van der Waals surface area contributed by atoms with Gasteiger partial charge in [-0.25, -0.2) is 4.79 Å². The molecule has 1 aromatic heterocycles. The number of benzene rings is 2. The summed E-state index contributed by atoms with van der Waals surface area (Å²) in [5.74, 6) is 1.82. The van der Waals surface area contributed by atoms with E-state index in [0.717, 1.165) is 22.1 Å². The van der Waals surface area contributed by atoms with Crippen molar-refractivity contribution in [2.45, 2.75) is 32.9 Å². The average Bonchev–Trinajstić information content (AvgIpc) is 3.14. The second-order valence-electron chi connectivity index (χ2n) is 6.44. The fourth-order valence-corrected chi connectivity index (χ4v) is 2.79. The predicted molar refractivity (Wildman–Crippen MR) is 103 cm³/mol. The van der Waals surface area contributed by atoms with Crippen LogP contribution < -0.4 is 10.1 Å². The largest absolute Gasteiger partial charge is 0.497 e. The highest BCUT2D eigenvalue weighted by molar-refractivity contribution is 5.85. The molecule has 3 aromatic rings. The summed E-state index contributed by atoms with van der Waals surface area (Å²) in [6.45, 7) is 4.16. The Morgan fingerprint density at radius 3 is 2.59 bits per heavy atom. The minimum absolute atomic E-state index is 0.139. The molecule has 1 atom stereocenters. The first-order chi connectivity index (χ1) is 13.0. The number of methoxy groups -OCH3 is 1. The summed E-state index contributed by atoms with van der Waals surface area (Å²) in [4.78, 5) is 14.0. The van der Waals surface area contributed by atoms with Crippen LogP contribution in [0.5, 0.6) is 5.75 Å². The lowest BCUT2D eigenvalue weighted by Gasteiger charge is -2.20. The minimum Gasteiger partial charge on any atom is -0.497 e. The van der Waals surface area contributed by atoms with E-state index < -0.39 is 0 Å². The Labute approximate surface area is 158 Å². The van der Waals surface area contributed by atoms with Crippen LogP contribution >= 0.6 is 0 Å². The molecule has 0 spiro atoms. The topological polar surface area (TPSA) is 80.5 Å². The van der Waals surface area contributed by atoms with Gasteiger partial charge in [0.1, 0.15) is 12.3 Å². The molecule has 7 nitrogen and oxygen atoms in total. The molecule has 27 heavy (non-hydrogen) atoms. The zero-order chi connectivity index (χ0) is 19.4. The zero-order valence-electron chi connectivity index (χ0n) is 16.0. The number of ether oxygens (including phenoxy) is 1. The molecule has 1 unspecified atom stereocenters. The monoisotopic (exact) mass is 368 g/mol. The van der Waals surface area contributed by atoms with Gasteiger partial charge in [-0.15, -0.1) is 10.2 Å². The maximum absolute atomic E-state index is 12.5. The number of urea groups is 1. The fourth-order valence-electron chi connectivity index (χ4n) is 2.79. The smallest absolute Gasteiger partial charge is 0.318 e. The third-order valence-corrected chi connectivity index (χ3v) is 4.44. The molecular weight excluding hydrogens is 344 g/mol. The van der Waals surface area contributed by atoms with Crippen LogP contribution in [0.4, 0.5) is 4.79 Å². The number of carbonyl (C=O) groups excluding carboxylic acids is 1. The van der Waals surface area contributed by atoms with E-state index in [1.807, 2.05) is 44.2 Å². The van der Waals surface area contributed by atoms with Crippen LogP contribution in [-0.4, -0.2) is 35.3 Å². The van der Waals surface area contributed by atoms with Crippen LogP contribution in [0, 0.1) is 0 Å². The fraction of sp³-hybridized carbons (Fsp3) is 0.350. The maximum atomic E-state index is 12.5. The van der Waals surface area contributed by atoms with Gasteiger partial charge in [0, 0.05) is 13.5 Å². The number of fused-ring (bicyclic) bond motifs is 1. The Kier molecular flexibility index (Phi) is 5.59. The molecule has 2 aromatic carbocycles. The van der Waals surface area contributed by atoms with E-state index in [1.165, 1.54) is 4.90 Å². The van der Waals surface area contributed by atoms with Gasteiger partial charge >= 0.3 is 6.03 Å². The lowest BCUT2D eigenvalue weighted by atomic mass is 10.0. The SMILES string of the molecule is CCc1nnc(CN(C)C(=O)NC(C)c2ccc3cc(OC)ccc3c2)o1. The summed E-state index contributed by atoms with van der Waals surface area (Å²) in [6.07, 6.45) is 0.674. The number of nitrogens with zero attached hydrogens (tertiary/aromatic N) is 3. The summed E-state index contributed by atoms with van der Waals surface area (Å²) >= 11 is 0. The molecule has 0 saturated heterocycles. The Bertz CT molecular complexity index is 938. The number of rotatable bonds is 6. The van der Waals surface area contributed by atoms with Crippen molar-refractivity contribution in [3.05, 3.63) is 53.7 Å². The van der Waals surface area contributed by atoms with Gasteiger partial charge in [-0.05, 0) is 41.5 Å². The Morgan fingerprint density at radius 2 is 1.89 bits per heavy atom. The molecule has 0 aliphatic carbocycles. The Hall–Kier alpha value is -3.09. The molecular formula is C20H24N4O3. The van der Waals surface area contributed by atoms with E-state index in [-0.39, 0.29) is 18.6 Å². The number of nitrogens with one attached hydrogen (secondary N) is 1.